The molecule has 0 fully saturated rings. The molecule has 0 atom stereocenters. The first kappa shape index (κ1) is 16.2. The third kappa shape index (κ3) is 4.18. The Balaban J connectivity index is 2.19. The Kier molecular flexibility index (Phi) is 5.72. The molecular formula is C17H24N4O. The molecule has 0 spiro atoms. The van der Waals surface area contributed by atoms with E-state index in [9.17, 15) is 0 Å². The number of hydrogen-bond donors (Lipinski definition) is 2. The van der Waals surface area contributed by atoms with Gasteiger partial charge in [-0.05, 0) is 30.0 Å². The second-order valence-electron chi connectivity index (χ2n) is 5.50. The fourth-order valence-electron chi connectivity index (χ4n) is 2.25. The number of aromatic nitrogens is 2. The zero-order valence-corrected chi connectivity index (χ0v) is 13.7. The molecule has 0 saturated heterocycles. The van der Waals surface area contributed by atoms with Crippen LogP contribution in [0.1, 0.15) is 30.9 Å². The van der Waals surface area contributed by atoms with Crippen molar-refractivity contribution in [2.45, 2.75) is 26.7 Å². The summed E-state index contributed by atoms with van der Waals surface area (Å²) in [5.41, 5.74) is 3.54. The average Bonchev–Trinajstić information content (AvgIpc) is 2.50. The minimum Gasteiger partial charge on any atom is -0.383 e. The van der Waals surface area contributed by atoms with Crippen molar-refractivity contribution in [1.82, 2.24) is 9.97 Å². The molecule has 1 aromatic carbocycles. The molecule has 0 amide bonds. The van der Waals surface area contributed by atoms with Gasteiger partial charge in [-0.1, -0.05) is 32.0 Å². The number of rotatable bonds is 7. The summed E-state index contributed by atoms with van der Waals surface area (Å²) >= 11 is 0. The first-order valence-electron chi connectivity index (χ1n) is 7.54. The smallest absolute Gasteiger partial charge is 0.229 e. The van der Waals surface area contributed by atoms with Crippen molar-refractivity contribution < 1.29 is 4.74 Å². The van der Waals surface area contributed by atoms with Crippen molar-refractivity contribution >= 4 is 17.5 Å². The predicted molar refractivity (Wildman–Crippen MR) is 90.9 cm³/mol. The van der Waals surface area contributed by atoms with E-state index >= 15 is 0 Å². The molecule has 0 saturated carbocycles. The molecule has 2 N–H and O–H groups in total. The summed E-state index contributed by atoms with van der Waals surface area (Å²) in [6.45, 7) is 7.82. The van der Waals surface area contributed by atoms with Gasteiger partial charge in [-0.15, -0.1) is 0 Å². The maximum Gasteiger partial charge on any atom is 0.229 e. The second-order valence-corrected chi connectivity index (χ2v) is 5.50. The van der Waals surface area contributed by atoms with E-state index in [-0.39, 0.29) is 0 Å². The number of nitrogens with zero attached hydrogens (tertiary/aromatic N) is 2. The van der Waals surface area contributed by atoms with E-state index in [0.29, 0.717) is 25.0 Å². The topological polar surface area (TPSA) is 59.1 Å². The van der Waals surface area contributed by atoms with Crippen LogP contribution < -0.4 is 10.6 Å². The molecule has 0 aliphatic carbocycles. The van der Waals surface area contributed by atoms with E-state index in [4.69, 9.17) is 4.74 Å². The van der Waals surface area contributed by atoms with Gasteiger partial charge in [0.15, 0.2) is 0 Å². The summed E-state index contributed by atoms with van der Waals surface area (Å²) in [5.74, 6) is 1.82. The maximum atomic E-state index is 5.03. The molecule has 5 heteroatoms. The van der Waals surface area contributed by atoms with E-state index in [1.54, 1.807) is 13.3 Å². The maximum absolute atomic E-state index is 5.03. The van der Waals surface area contributed by atoms with Gasteiger partial charge in [0.25, 0.3) is 0 Å². The Bertz CT molecular complexity index is 613. The minimum absolute atomic E-state index is 0.436. The lowest BCUT2D eigenvalue weighted by atomic mass is 9.98. The highest BCUT2D eigenvalue weighted by atomic mass is 16.5. The molecule has 0 radical (unpaired) electrons. The number of benzene rings is 1. The SMILES string of the molecule is COCCNc1ccnc(Nc2c(C)cccc2C(C)C)n1. The minimum atomic E-state index is 0.436. The van der Waals surface area contributed by atoms with E-state index < -0.39 is 0 Å². The summed E-state index contributed by atoms with van der Waals surface area (Å²) in [7, 11) is 1.68. The molecule has 1 aromatic heterocycles. The first-order chi connectivity index (χ1) is 10.6. The van der Waals surface area contributed by atoms with Crippen LogP contribution in [0.5, 0.6) is 0 Å². The lowest BCUT2D eigenvalue weighted by Crippen LogP contribution is -2.10. The third-order valence-corrected chi connectivity index (χ3v) is 3.43. The van der Waals surface area contributed by atoms with Gasteiger partial charge in [0.2, 0.25) is 5.95 Å². The molecule has 0 aliphatic rings. The number of hydrogen-bond acceptors (Lipinski definition) is 5. The van der Waals surface area contributed by atoms with E-state index in [2.05, 4.69) is 59.6 Å². The normalized spacial score (nSPS) is 10.8. The van der Waals surface area contributed by atoms with Crippen LogP contribution in [0.3, 0.4) is 0 Å². The van der Waals surface area contributed by atoms with Crippen molar-refractivity contribution in [3.05, 3.63) is 41.6 Å². The summed E-state index contributed by atoms with van der Waals surface area (Å²) in [6.07, 6.45) is 1.75. The van der Waals surface area contributed by atoms with E-state index in [1.807, 2.05) is 6.07 Å². The van der Waals surface area contributed by atoms with Crippen LogP contribution in [0, 0.1) is 6.92 Å². The Labute approximate surface area is 132 Å². The van der Waals surface area contributed by atoms with Crippen LogP contribution in [0.2, 0.25) is 0 Å². The van der Waals surface area contributed by atoms with E-state index in [1.165, 1.54) is 11.1 Å². The summed E-state index contributed by atoms with van der Waals surface area (Å²) < 4.78 is 5.03. The van der Waals surface area contributed by atoms with Crippen molar-refractivity contribution in [1.29, 1.82) is 0 Å². The number of para-hydroxylation sites is 1. The van der Waals surface area contributed by atoms with Gasteiger partial charge in [0, 0.05) is 25.5 Å². The van der Waals surface area contributed by atoms with Crippen LogP contribution in [0.25, 0.3) is 0 Å². The highest BCUT2D eigenvalue weighted by Gasteiger charge is 2.10. The summed E-state index contributed by atoms with van der Waals surface area (Å²) in [5, 5.41) is 6.57. The molecular weight excluding hydrogens is 276 g/mol. The van der Waals surface area contributed by atoms with Crippen molar-refractivity contribution in [3.63, 3.8) is 0 Å². The van der Waals surface area contributed by atoms with Crippen molar-refractivity contribution in [3.8, 4) is 0 Å². The number of nitrogens with one attached hydrogen (secondary N) is 2. The summed E-state index contributed by atoms with van der Waals surface area (Å²) in [4.78, 5) is 8.80. The van der Waals surface area contributed by atoms with Crippen molar-refractivity contribution in [2.24, 2.45) is 0 Å². The van der Waals surface area contributed by atoms with Crippen LogP contribution in [-0.2, 0) is 4.74 Å². The molecule has 2 aromatic rings. The molecule has 22 heavy (non-hydrogen) atoms. The third-order valence-electron chi connectivity index (χ3n) is 3.43. The standard InChI is InChI=1S/C17H24N4O/c1-12(2)14-7-5-6-13(3)16(14)21-17-19-9-8-15(20-17)18-10-11-22-4/h5-9,12H,10-11H2,1-4H3,(H2,18,19,20,21). The largest absolute Gasteiger partial charge is 0.383 e. The fraction of sp³-hybridized carbons (Fsp3) is 0.412. The summed E-state index contributed by atoms with van der Waals surface area (Å²) in [6, 6.07) is 8.16. The highest BCUT2D eigenvalue weighted by molar-refractivity contribution is 5.64. The number of methoxy groups -OCH3 is 1. The zero-order valence-electron chi connectivity index (χ0n) is 13.7. The Morgan fingerprint density at radius 1 is 1.23 bits per heavy atom. The van der Waals surface area contributed by atoms with E-state index in [0.717, 1.165) is 11.5 Å². The molecule has 1 heterocycles. The Hall–Kier alpha value is -2.14. The highest BCUT2D eigenvalue weighted by Crippen LogP contribution is 2.29. The molecule has 5 nitrogen and oxygen atoms in total. The van der Waals surface area contributed by atoms with Crippen molar-refractivity contribution in [2.75, 3.05) is 30.9 Å². The van der Waals surface area contributed by atoms with Crippen LogP contribution in [-0.4, -0.2) is 30.2 Å². The van der Waals surface area contributed by atoms with Gasteiger partial charge in [-0.2, -0.15) is 4.98 Å². The molecule has 0 unspecified atom stereocenters. The van der Waals surface area contributed by atoms with Gasteiger partial charge >= 0.3 is 0 Å². The number of anilines is 3. The van der Waals surface area contributed by atoms with Crippen LogP contribution in [0.4, 0.5) is 17.5 Å². The molecule has 0 bridgehead atoms. The predicted octanol–water partition coefficient (Wildman–Crippen LogP) is 3.71. The number of ether oxygens (including phenoxy) is 1. The molecule has 118 valence electrons. The molecule has 0 aliphatic heterocycles. The van der Waals surface area contributed by atoms with Gasteiger partial charge in [-0.3, -0.25) is 0 Å². The Morgan fingerprint density at radius 3 is 2.77 bits per heavy atom. The van der Waals surface area contributed by atoms with Crippen LogP contribution in [0.15, 0.2) is 30.5 Å². The van der Waals surface area contributed by atoms with Crippen LogP contribution >= 0.6 is 0 Å². The second kappa shape index (κ2) is 7.75. The fourth-order valence-corrected chi connectivity index (χ4v) is 2.25. The quantitative estimate of drug-likeness (QED) is 0.763. The lowest BCUT2D eigenvalue weighted by molar-refractivity contribution is 0.210. The monoisotopic (exact) mass is 300 g/mol. The first-order valence-corrected chi connectivity index (χ1v) is 7.54. The average molecular weight is 300 g/mol. The zero-order chi connectivity index (χ0) is 15.9. The number of aryl methyl sites for hydroxylation is 1. The van der Waals surface area contributed by atoms with Gasteiger partial charge in [0.1, 0.15) is 5.82 Å². The van der Waals surface area contributed by atoms with Gasteiger partial charge in [-0.25, -0.2) is 4.98 Å². The van der Waals surface area contributed by atoms with Gasteiger partial charge in [0.05, 0.1) is 6.61 Å². The van der Waals surface area contributed by atoms with Gasteiger partial charge < -0.3 is 15.4 Å². The Morgan fingerprint density at radius 2 is 2.05 bits per heavy atom. The molecule has 2 rings (SSSR count). The lowest BCUT2D eigenvalue weighted by Gasteiger charge is -2.16.